The summed E-state index contributed by atoms with van der Waals surface area (Å²) in [4.78, 5) is 10.9. The summed E-state index contributed by atoms with van der Waals surface area (Å²) in [6.45, 7) is 6.68. The normalized spacial score (nSPS) is 21.0. The molecule has 0 amide bonds. The zero-order valence-electron chi connectivity index (χ0n) is 16.6. The third-order valence-electron chi connectivity index (χ3n) is 5.02. The number of nitrogens with zero attached hydrogens (tertiary/aromatic N) is 4. The maximum absolute atomic E-state index is 13.3. The van der Waals surface area contributed by atoms with E-state index in [0.717, 1.165) is 25.5 Å². The molecule has 3 atom stereocenters. The first-order valence-corrected chi connectivity index (χ1v) is 9.42. The summed E-state index contributed by atoms with van der Waals surface area (Å²) in [5.41, 5.74) is 0. The van der Waals surface area contributed by atoms with Crippen molar-refractivity contribution in [3.8, 4) is 5.75 Å². The predicted octanol–water partition coefficient (Wildman–Crippen LogP) is 3.57. The molecule has 0 aliphatic carbocycles. The second-order valence-electron chi connectivity index (χ2n) is 7.10. The number of ether oxygens (including phenoxy) is 1. The molecule has 3 unspecified atom stereocenters. The molecule has 0 saturated carbocycles. The first-order valence-electron chi connectivity index (χ1n) is 9.42. The van der Waals surface area contributed by atoms with Gasteiger partial charge < -0.3 is 19.5 Å². The van der Waals surface area contributed by atoms with Crippen molar-refractivity contribution in [3.63, 3.8) is 0 Å². The Bertz CT molecular complexity index is 755. The van der Waals surface area contributed by atoms with Crippen molar-refractivity contribution in [2.45, 2.75) is 32.4 Å². The van der Waals surface area contributed by atoms with Crippen molar-refractivity contribution < 1.29 is 9.13 Å². The number of hydrogen-bond acceptors (Lipinski definition) is 3. The van der Waals surface area contributed by atoms with Crippen molar-refractivity contribution in [2.75, 3.05) is 26.7 Å². The fourth-order valence-electron chi connectivity index (χ4n) is 3.48. The molecule has 1 aromatic heterocycles. The number of hydrogen-bond donors (Lipinski definition) is 1. The van der Waals surface area contributed by atoms with E-state index in [1.54, 1.807) is 19.2 Å². The summed E-state index contributed by atoms with van der Waals surface area (Å²) in [5, 5.41) is 3.39. The number of imidazole rings is 1. The lowest BCUT2D eigenvalue weighted by Gasteiger charge is -2.39. The van der Waals surface area contributed by atoms with Gasteiger partial charge in [0, 0.05) is 38.6 Å². The minimum atomic E-state index is -0.295. The highest BCUT2D eigenvalue weighted by Crippen LogP contribution is 2.27. The molecule has 6 nitrogen and oxygen atoms in total. The van der Waals surface area contributed by atoms with Crippen molar-refractivity contribution in [2.24, 2.45) is 10.9 Å². The van der Waals surface area contributed by atoms with Crippen molar-refractivity contribution >= 4 is 29.9 Å². The van der Waals surface area contributed by atoms with E-state index in [1.807, 2.05) is 25.6 Å². The van der Waals surface area contributed by atoms with Gasteiger partial charge in [0.1, 0.15) is 17.7 Å². The van der Waals surface area contributed by atoms with Gasteiger partial charge in [-0.1, -0.05) is 13.0 Å². The van der Waals surface area contributed by atoms with Gasteiger partial charge in [0.25, 0.3) is 0 Å². The van der Waals surface area contributed by atoms with Gasteiger partial charge in [0.15, 0.2) is 5.96 Å². The SMILES string of the molecule is CN=C(NCC(C)Oc1cccc(F)c1)N1CCC(C)C(n2ccnc2)C1.I. The van der Waals surface area contributed by atoms with Crippen LogP contribution in [0.4, 0.5) is 4.39 Å². The first kappa shape index (κ1) is 22.4. The molecule has 3 rings (SSSR count). The first-order chi connectivity index (χ1) is 13.1. The maximum atomic E-state index is 13.3. The Hall–Kier alpha value is -1.84. The molecule has 1 aliphatic rings. The molecule has 1 fully saturated rings. The van der Waals surface area contributed by atoms with Gasteiger partial charge in [-0.25, -0.2) is 9.37 Å². The molecular weight excluding hydrogens is 472 g/mol. The number of piperidine rings is 1. The minimum absolute atomic E-state index is 0. The lowest BCUT2D eigenvalue weighted by atomic mass is 9.93. The largest absolute Gasteiger partial charge is 0.489 e. The highest BCUT2D eigenvalue weighted by Gasteiger charge is 2.29. The van der Waals surface area contributed by atoms with Crippen molar-refractivity contribution in [3.05, 3.63) is 48.8 Å². The molecule has 1 saturated heterocycles. The molecular formula is C20H29FIN5O. The molecule has 1 aromatic carbocycles. The van der Waals surface area contributed by atoms with Gasteiger partial charge in [0.05, 0.1) is 18.9 Å². The molecule has 8 heteroatoms. The number of guanidine groups is 1. The Morgan fingerprint density at radius 3 is 2.96 bits per heavy atom. The summed E-state index contributed by atoms with van der Waals surface area (Å²) in [6.07, 6.45) is 6.71. The molecule has 0 bridgehead atoms. The van der Waals surface area contributed by atoms with Crippen LogP contribution in [-0.2, 0) is 0 Å². The van der Waals surface area contributed by atoms with E-state index < -0.39 is 0 Å². The average Bonchev–Trinajstić information content (AvgIpc) is 3.18. The molecule has 1 N–H and O–H groups in total. The van der Waals surface area contributed by atoms with Crippen molar-refractivity contribution in [1.29, 1.82) is 0 Å². The number of nitrogens with one attached hydrogen (secondary N) is 1. The van der Waals surface area contributed by atoms with Gasteiger partial charge in [-0.05, 0) is 31.4 Å². The summed E-state index contributed by atoms with van der Waals surface area (Å²) in [7, 11) is 1.80. The Kier molecular flexibility index (Phi) is 8.53. The topological polar surface area (TPSA) is 54.7 Å². The Morgan fingerprint density at radius 2 is 2.29 bits per heavy atom. The lowest BCUT2D eigenvalue weighted by molar-refractivity contribution is 0.184. The summed E-state index contributed by atoms with van der Waals surface area (Å²) in [6, 6.07) is 6.59. The zero-order valence-corrected chi connectivity index (χ0v) is 18.9. The molecule has 1 aliphatic heterocycles. The van der Waals surface area contributed by atoms with Crippen molar-refractivity contribution in [1.82, 2.24) is 19.8 Å². The number of rotatable bonds is 5. The van der Waals surface area contributed by atoms with Crippen LogP contribution in [0.5, 0.6) is 5.75 Å². The fraction of sp³-hybridized carbons (Fsp3) is 0.500. The van der Waals surface area contributed by atoms with Crippen LogP contribution < -0.4 is 10.1 Å². The predicted molar refractivity (Wildman–Crippen MR) is 120 cm³/mol. The van der Waals surface area contributed by atoms with Crippen LogP contribution in [0.2, 0.25) is 0 Å². The minimum Gasteiger partial charge on any atom is -0.489 e. The Labute approximate surface area is 183 Å². The zero-order chi connectivity index (χ0) is 19.2. The smallest absolute Gasteiger partial charge is 0.193 e. The van der Waals surface area contributed by atoms with E-state index in [0.29, 0.717) is 24.3 Å². The second kappa shape index (κ2) is 10.6. The van der Waals surface area contributed by atoms with Crippen LogP contribution in [0, 0.1) is 11.7 Å². The Balaban J connectivity index is 0.00000280. The van der Waals surface area contributed by atoms with E-state index in [-0.39, 0.29) is 35.9 Å². The highest BCUT2D eigenvalue weighted by atomic mass is 127. The second-order valence-corrected chi connectivity index (χ2v) is 7.10. The molecule has 154 valence electrons. The summed E-state index contributed by atoms with van der Waals surface area (Å²) < 4.78 is 21.3. The van der Waals surface area contributed by atoms with E-state index in [4.69, 9.17) is 4.74 Å². The summed E-state index contributed by atoms with van der Waals surface area (Å²) >= 11 is 0. The van der Waals surface area contributed by atoms with Crippen LogP contribution in [0.25, 0.3) is 0 Å². The van der Waals surface area contributed by atoms with Crippen LogP contribution in [0.15, 0.2) is 48.0 Å². The standard InChI is InChI=1S/C20H28FN5O.HI/c1-15-7-9-25(13-19(15)26-10-8-23-14-26)20(22-3)24-12-16(2)27-18-6-4-5-17(21)11-18;/h4-6,8,10-11,14-16,19H,7,9,12-13H2,1-3H3,(H,22,24);1H. The van der Waals surface area contributed by atoms with Gasteiger partial charge in [-0.15, -0.1) is 24.0 Å². The molecule has 2 aromatic rings. The van der Waals surface area contributed by atoms with E-state index >= 15 is 0 Å². The van der Waals surface area contributed by atoms with E-state index in [2.05, 4.69) is 31.7 Å². The maximum Gasteiger partial charge on any atom is 0.193 e. The number of likely N-dealkylation sites (tertiary alicyclic amines) is 1. The van der Waals surface area contributed by atoms with Crippen LogP contribution >= 0.6 is 24.0 Å². The quantitative estimate of drug-likeness (QED) is 0.387. The lowest BCUT2D eigenvalue weighted by Crippen LogP contribution is -2.50. The fourth-order valence-corrected chi connectivity index (χ4v) is 3.48. The summed E-state index contributed by atoms with van der Waals surface area (Å²) in [5.74, 6) is 1.69. The van der Waals surface area contributed by atoms with Crippen LogP contribution in [0.3, 0.4) is 0 Å². The number of aliphatic imine (C=N–C) groups is 1. The molecule has 0 spiro atoms. The van der Waals surface area contributed by atoms with E-state index in [9.17, 15) is 4.39 Å². The Morgan fingerprint density at radius 1 is 1.46 bits per heavy atom. The van der Waals surface area contributed by atoms with Gasteiger partial charge in [0.2, 0.25) is 0 Å². The van der Waals surface area contributed by atoms with Gasteiger partial charge >= 0.3 is 0 Å². The number of halogens is 2. The van der Waals surface area contributed by atoms with Crippen LogP contribution in [-0.4, -0.2) is 53.2 Å². The molecule has 2 heterocycles. The number of aromatic nitrogens is 2. The third-order valence-corrected chi connectivity index (χ3v) is 5.02. The van der Waals surface area contributed by atoms with Gasteiger partial charge in [-0.3, -0.25) is 4.99 Å². The van der Waals surface area contributed by atoms with E-state index in [1.165, 1.54) is 12.1 Å². The third kappa shape index (κ3) is 5.83. The van der Waals surface area contributed by atoms with Gasteiger partial charge in [-0.2, -0.15) is 0 Å². The average molecular weight is 501 g/mol. The molecule has 0 radical (unpaired) electrons. The highest BCUT2D eigenvalue weighted by molar-refractivity contribution is 14.0. The molecule has 28 heavy (non-hydrogen) atoms. The monoisotopic (exact) mass is 501 g/mol. The number of benzene rings is 1. The van der Waals surface area contributed by atoms with Crippen LogP contribution in [0.1, 0.15) is 26.3 Å².